The second-order valence-electron chi connectivity index (χ2n) is 8.22. The molecular formula is C30H38O5. The zero-order valence-corrected chi connectivity index (χ0v) is 20.5. The second kappa shape index (κ2) is 19.4. The Morgan fingerprint density at radius 3 is 1.37 bits per heavy atom. The van der Waals surface area contributed by atoms with Crippen molar-refractivity contribution in [2.75, 3.05) is 0 Å². The van der Waals surface area contributed by atoms with E-state index < -0.39 is 12.6 Å². The van der Waals surface area contributed by atoms with Gasteiger partial charge in [0.2, 0.25) is 0 Å². The Bertz CT molecular complexity index is 776. The summed E-state index contributed by atoms with van der Waals surface area (Å²) in [5.41, 5.74) is 2.13. The first kappa shape index (κ1) is 28.4. The van der Waals surface area contributed by atoms with Crippen LogP contribution in [0.5, 0.6) is 0 Å². The molecule has 2 aromatic rings. The number of carbonyl (C=O) groups is 2. The summed E-state index contributed by atoms with van der Waals surface area (Å²) in [4.78, 5) is 21.0. The van der Waals surface area contributed by atoms with Gasteiger partial charge >= 0.3 is 0 Å². The number of hydrogen-bond donors (Lipinski definition) is 0. The van der Waals surface area contributed by atoms with Crippen molar-refractivity contribution in [3.63, 3.8) is 0 Å². The molecule has 2 atom stereocenters. The average molecular weight is 479 g/mol. The summed E-state index contributed by atoms with van der Waals surface area (Å²) in [6, 6.07) is 20.0. The molecule has 0 aliphatic carbocycles. The zero-order valence-electron chi connectivity index (χ0n) is 20.5. The van der Waals surface area contributed by atoms with E-state index in [4.69, 9.17) is 14.2 Å². The maximum atomic E-state index is 10.5. The standard InChI is InChI=1S/C30H38O5/c31-23-15-5-1-3-13-21-29(33-25-27-17-9-7-10-18-27)35-30(22-14-4-2-6-16-24-32)34-26-28-19-11-8-12-20-28/h7-14,17-24,29-30H,1-6,15-16,25-26H2. The largest absolute Gasteiger partial charge is 0.344 e. The highest BCUT2D eigenvalue weighted by Gasteiger charge is 2.14. The maximum absolute atomic E-state index is 10.5. The Balaban J connectivity index is 2.00. The predicted octanol–water partition coefficient (Wildman–Crippen LogP) is 6.72. The number of rotatable bonds is 20. The summed E-state index contributed by atoms with van der Waals surface area (Å²) in [6.07, 6.45) is 15.2. The minimum atomic E-state index is -0.582. The predicted molar refractivity (Wildman–Crippen MR) is 138 cm³/mol. The maximum Gasteiger partial charge on any atom is 0.180 e. The Labute approximate surface area is 209 Å². The molecule has 0 amide bonds. The van der Waals surface area contributed by atoms with Gasteiger partial charge in [0.05, 0.1) is 13.2 Å². The highest BCUT2D eigenvalue weighted by atomic mass is 16.8. The van der Waals surface area contributed by atoms with Gasteiger partial charge in [-0.1, -0.05) is 72.8 Å². The molecule has 0 N–H and O–H groups in total. The lowest BCUT2D eigenvalue weighted by Crippen LogP contribution is -2.24. The van der Waals surface area contributed by atoms with E-state index in [2.05, 4.69) is 0 Å². The second-order valence-corrected chi connectivity index (χ2v) is 8.22. The van der Waals surface area contributed by atoms with Crippen LogP contribution in [0.1, 0.15) is 62.5 Å². The van der Waals surface area contributed by atoms with Gasteiger partial charge in [-0.3, -0.25) is 0 Å². The van der Waals surface area contributed by atoms with Crippen molar-refractivity contribution in [3.05, 3.63) is 96.1 Å². The summed E-state index contributed by atoms with van der Waals surface area (Å²) in [6.45, 7) is 0.837. The molecule has 2 aromatic carbocycles. The Kier molecular flexibility index (Phi) is 15.8. The zero-order chi connectivity index (χ0) is 24.8. The fraction of sp³-hybridized carbons (Fsp3) is 0.400. The molecule has 35 heavy (non-hydrogen) atoms. The molecule has 0 saturated carbocycles. The van der Waals surface area contributed by atoms with Crippen molar-refractivity contribution in [1.29, 1.82) is 0 Å². The SMILES string of the molecule is O=CCCCCC=CC(OCc1ccccc1)OC(C=CCCCCC=O)OCc1ccccc1. The first-order valence-corrected chi connectivity index (χ1v) is 12.5. The molecule has 0 saturated heterocycles. The van der Waals surface area contributed by atoms with Crippen molar-refractivity contribution in [3.8, 4) is 0 Å². The Hall–Kier alpha value is -2.86. The monoisotopic (exact) mass is 478 g/mol. The van der Waals surface area contributed by atoms with E-state index in [1.165, 1.54) is 0 Å². The molecular weight excluding hydrogens is 440 g/mol. The van der Waals surface area contributed by atoms with E-state index in [9.17, 15) is 9.59 Å². The van der Waals surface area contributed by atoms with Gasteiger partial charge in [-0.05, 0) is 61.8 Å². The molecule has 0 aliphatic rings. The van der Waals surface area contributed by atoms with Crippen LogP contribution in [0.25, 0.3) is 0 Å². The van der Waals surface area contributed by atoms with Gasteiger partial charge in [-0.15, -0.1) is 0 Å². The molecule has 0 aliphatic heterocycles. The van der Waals surface area contributed by atoms with Gasteiger partial charge in [-0.25, -0.2) is 0 Å². The number of allylic oxidation sites excluding steroid dienone is 2. The fourth-order valence-electron chi connectivity index (χ4n) is 3.31. The van der Waals surface area contributed by atoms with Crippen LogP contribution in [0, 0.1) is 0 Å². The topological polar surface area (TPSA) is 61.8 Å². The molecule has 0 fully saturated rings. The summed E-state index contributed by atoms with van der Waals surface area (Å²) in [5, 5.41) is 0. The molecule has 5 nitrogen and oxygen atoms in total. The van der Waals surface area contributed by atoms with Gasteiger partial charge in [0.25, 0.3) is 0 Å². The minimum absolute atomic E-state index is 0.418. The quantitative estimate of drug-likeness (QED) is 0.0915. The fourth-order valence-corrected chi connectivity index (χ4v) is 3.31. The summed E-state index contributed by atoms with van der Waals surface area (Å²) in [7, 11) is 0. The van der Waals surface area contributed by atoms with E-state index in [-0.39, 0.29) is 0 Å². The first-order chi connectivity index (χ1) is 17.3. The number of ether oxygens (including phenoxy) is 3. The van der Waals surface area contributed by atoms with Crippen LogP contribution in [-0.4, -0.2) is 25.2 Å². The summed E-state index contributed by atoms with van der Waals surface area (Å²) >= 11 is 0. The van der Waals surface area contributed by atoms with Crippen LogP contribution in [0.15, 0.2) is 85.0 Å². The molecule has 0 spiro atoms. The third-order valence-electron chi connectivity index (χ3n) is 5.25. The van der Waals surface area contributed by atoms with Crippen molar-refractivity contribution in [2.24, 2.45) is 0 Å². The molecule has 0 bridgehead atoms. The molecule has 2 rings (SSSR count). The van der Waals surface area contributed by atoms with E-state index in [1.54, 1.807) is 0 Å². The van der Waals surface area contributed by atoms with Crippen LogP contribution >= 0.6 is 0 Å². The van der Waals surface area contributed by atoms with Gasteiger partial charge in [0.15, 0.2) is 12.6 Å². The highest BCUT2D eigenvalue weighted by molar-refractivity contribution is 5.49. The molecule has 2 unspecified atom stereocenters. The van der Waals surface area contributed by atoms with Crippen molar-refractivity contribution in [1.82, 2.24) is 0 Å². The van der Waals surface area contributed by atoms with E-state index in [0.717, 1.165) is 62.2 Å². The number of benzene rings is 2. The summed E-state index contributed by atoms with van der Waals surface area (Å²) in [5.74, 6) is 0. The van der Waals surface area contributed by atoms with Crippen LogP contribution < -0.4 is 0 Å². The lowest BCUT2D eigenvalue weighted by Gasteiger charge is -2.22. The van der Waals surface area contributed by atoms with E-state index in [0.29, 0.717) is 26.1 Å². The molecule has 0 radical (unpaired) electrons. The lowest BCUT2D eigenvalue weighted by atomic mass is 10.2. The number of aldehydes is 2. The van der Waals surface area contributed by atoms with E-state index >= 15 is 0 Å². The normalized spacial score (nSPS) is 13.3. The smallest absolute Gasteiger partial charge is 0.180 e. The van der Waals surface area contributed by atoms with Gasteiger partial charge < -0.3 is 23.8 Å². The lowest BCUT2D eigenvalue weighted by molar-refractivity contribution is -0.215. The van der Waals surface area contributed by atoms with Crippen LogP contribution in [0.2, 0.25) is 0 Å². The number of hydrogen-bond acceptors (Lipinski definition) is 5. The van der Waals surface area contributed by atoms with Crippen LogP contribution in [0.4, 0.5) is 0 Å². The van der Waals surface area contributed by atoms with Gasteiger partial charge in [-0.2, -0.15) is 0 Å². The number of carbonyl (C=O) groups excluding carboxylic acids is 2. The average Bonchev–Trinajstić information content (AvgIpc) is 2.90. The highest BCUT2D eigenvalue weighted by Crippen LogP contribution is 2.14. The van der Waals surface area contributed by atoms with Gasteiger partial charge in [0.1, 0.15) is 12.6 Å². The van der Waals surface area contributed by atoms with Gasteiger partial charge in [0, 0.05) is 12.8 Å². The van der Waals surface area contributed by atoms with Crippen LogP contribution in [-0.2, 0) is 37.0 Å². The van der Waals surface area contributed by atoms with Crippen molar-refractivity contribution >= 4 is 12.6 Å². The number of unbranched alkanes of at least 4 members (excludes halogenated alkanes) is 6. The summed E-state index contributed by atoms with van der Waals surface area (Å²) < 4.78 is 18.4. The third kappa shape index (κ3) is 14.2. The first-order valence-electron chi connectivity index (χ1n) is 12.5. The third-order valence-corrected chi connectivity index (χ3v) is 5.25. The Morgan fingerprint density at radius 2 is 0.971 bits per heavy atom. The molecule has 188 valence electrons. The van der Waals surface area contributed by atoms with Crippen LogP contribution in [0.3, 0.4) is 0 Å². The van der Waals surface area contributed by atoms with E-state index in [1.807, 2.05) is 85.0 Å². The minimum Gasteiger partial charge on any atom is -0.344 e. The molecule has 0 aromatic heterocycles. The Morgan fingerprint density at radius 1 is 0.571 bits per heavy atom. The van der Waals surface area contributed by atoms with Crippen molar-refractivity contribution in [2.45, 2.75) is 77.2 Å². The van der Waals surface area contributed by atoms with Crippen molar-refractivity contribution < 1.29 is 23.8 Å². The molecule has 5 heteroatoms. The molecule has 0 heterocycles.